The number of carbonyl (C=O) groups is 5. The van der Waals surface area contributed by atoms with Crippen LogP contribution in [0.5, 0.6) is 0 Å². The fourth-order valence-electron chi connectivity index (χ4n) is 3.58. The van der Waals surface area contributed by atoms with Crippen LogP contribution in [0.3, 0.4) is 0 Å². The van der Waals surface area contributed by atoms with Crippen LogP contribution in [0.4, 0.5) is 0 Å². The molecule has 0 spiro atoms. The Balaban J connectivity index is 2.07. The molecule has 0 saturated heterocycles. The number of thioether (sulfide) groups is 1. The van der Waals surface area contributed by atoms with Gasteiger partial charge in [0, 0.05) is 12.1 Å². The Hall–Kier alpha value is -2.72. The van der Waals surface area contributed by atoms with E-state index in [2.05, 4.69) is 5.32 Å². The molecule has 1 aliphatic rings. The Morgan fingerprint density at radius 1 is 1.12 bits per heavy atom. The smallest absolute Gasteiger partial charge is 0.306 e. The third-order valence-electron chi connectivity index (χ3n) is 5.47. The number of amides is 3. The predicted molar refractivity (Wildman–Crippen MR) is 120 cm³/mol. The van der Waals surface area contributed by atoms with Gasteiger partial charge in [0.1, 0.15) is 0 Å². The normalized spacial score (nSPS) is 18.9. The lowest BCUT2D eigenvalue weighted by Crippen LogP contribution is -2.49. The summed E-state index contributed by atoms with van der Waals surface area (Å²) in [5.74, 6) is -2.90. The maximum atomic E-state index is 13.1. The second kappa shape index (κ2) is 12.4. The molecule has 1 aromatic carbocycles. The van der Waals surface area contributed by atoms with Crippen LogP contribution in [0.15, 0.2) is 30.3 Å². The highest BCUT2D eigenvalue weighted by molar-refractivity contribution is 8.15. The highest BCUT2D eigenvalue weighted by Crippen LogP contribution is 2.30. The zero-order valence-electron chi connectivity index (χ0n) is 18.0. The van der Waals surface area contributed by atoms with E-state index in [1.54, 1.807) is 37.3 Å². The Kier molecular flexibility index (Phi) is 9.86. The molecule has 2 rings (SSSR count). The summed E-state index contributed by atoms with van der Waals surface area (Å²) < 4.78 is 0. The van der Waals surface area contributed by atoms with Crippen LogP contribution < -0.4 is 11.1 Å². The van der Waals surface area contributed by atoms with Gasteiger partial charge in [-0.2, -0.15) is 0 Å². The van der Waals surface area contributed by atoms with Crippen LogP contribution >= 0.6 is 11.8 Å². The molecule has 0 radical (unpaired) electrons. The van der Waals surface area contributed by atoms with Crippen LogP contribution in [0.25, 0.3) is 0 Å². The Morgan fingerprint density at radius 2 is 1.75 bits per heavy atom. The molecule has 1 atom stereocenters. The van der Waals surface area contributed by atoms with Crippen molar-refractivity contribution in [3.63, 3.8) is 0 Å². The maximum Gasteiger partial charge on any atom is 0.306 e. The van der Waals surface area contributed by atoms with Crippen LogP contribution in [-0.2, 0) is 19.2 Å². The first-order valence-corrected chi connectivity index (χ1v) is 11.4. The van der Waals surface area contributed by atoms with Crippen LogP contribution in [-0.4, -0.2) is 63.7 Å². The van der Waals surface area contributed by atoms with Gasteiger partial charge in [0.05, 0.1) is 24.3 Å². The lowest BCUT2D eigenvalue weighted by molar-refractivity contribution is -0.147. The van der Waals surface area contributed by atoms with Gasteiger partial charge in [-0.3, -0.25) is 28.9 Å². The maximum absolute atomic E-state index is 13.1. The number of nitrogens with two attached hydrogens (primary N) is 1. The third-order valence-corrected chi connectivity index (χ3v) is 6.47. The molecule has 32 heavy (non-hydrogen) atoms. The third kappa shape index (κ3) is 7.45. The van der Waals surface area contributed by atoms with Crippen molar-refractivity contribution in [1.29, 1.82) is 0 Å². The van der Waals surface area contributed by atoms with E-state index in [0.717, 1.165) is 16.7 Å². The number of carboxylic acid groups (broad SMARTS) is 1. The minimum absolute atomic E-state index is 0.0364. The number of hydrogen-bond acceptors (Lipinski definition) is 7. The minimum Gasteiger partial charge on any atom is -0.481 e. The summed E-state index contributed by atoms with van der Waals surface area (Å²) in [5, 5.41) is 10.5. The predicted octanol–water partition coefficient (Wildman–Crippen LogP) is 1.27. The van der Waals surface area contributed by atoms with Crippen molar-refractivity contribution in [1.82, 2.24) is 10.2 Å². The molecule has 1 saturated carbocycles. The standard InChI is InChI=1S/C22H29N3O6S/c1-14(32-22(31)17-5-3-2-4-6-17)20(28)25(19(27)12-24-18(26)11-23)13-15-7-9-16(10-8-15)21(29)30/h2-6,14-16H,7-13,23H2,1H3,(H,24,26)(H,29,30). The molecule has 1 aliphatic carbocycles. The summed E-state index contributed by atoms with van der Waals surface area (Å²) in [7, 11) is 0. The van der Waals surface area contributed by atoms with E-state index in [1.165, 1.54) is 0 Å². The molecule has 0 heterocycles. The fraction of sp³-hybridized carbons (Fsp3) is 0.500. The summed E-state index contributed by atoms with van der Waals surface area (Å²) in [5.41, 5.74) is 5.70. The number of carbonyl (C=O) groups excluding carboxylic acids is 4. The van der Waals surface area contributed by atoms with Gasteiger partial charge in [0.15, 0.2) is 0 Å². The van der Waals surface area contributed by atoms with Crippen molar-refractivity contribution in [2.24, 2.45) is 17.6 Å². The fourth-order valence-corrected chi connectivity index (χ4v) is 4.40. The molecular formula is C22H29N3O6S. The van der Waals surface area contributed by atoms with E-state index < -0.39 is 34.9 Å². The van der Waals surface area contributed by atoms with Gasteiger partial charge in [-0.05, 0) is 38.5 Å². The van der Waals surface area contributed by atoms with Gasteiger partial charge in [0.25, 0.3) is 0 Å². The molecule has 10 heteroatoms. The zero-order chi connectivity index (χ0) is 23.7. The Labute approximate surface area is 191 Å². The molecule has 9 nitrogen and oxygen atoms in total. The van der Waals surface area contributed by atoms with Gasteiger partial charge < -0.3 is 16.2 Å². The van der Waals surface area contributed by atoms with Gasteiger partial charge >= 0.3 is 5.97 Å². The summed E-state index contributed by atoms with van der Waals surface area (Å²) in [6, 6.07) is 8.54. The van der Waals surface area contributed by atoms with E-state index in [9.17, 15) is 29.1 Å². The number of aliphatic carboxylic acids is 1. The molecule has 3 amide bonds. The summed E-state index contributed by atoms with van der Waals surface area (Å²) in [4.78, 5) is 62.1. The molecule has 0 aromatic heterocycles. The van der Waals surface area contributed by atoms with E-state index in [-0.39, 0.29) is 30.7 Å². The van der Waals surface area contributed by atoms with Crippen molar-refractivity contribution in [3.05, 3.63) is 35.9 Å². The van der Waals surface area contributed by atoms with E-state index in [0.29, 0.717) is 31.2 Å². The zero-order valence-corrected chi connectivity index (χ0v) is 18.8. The summed E-state index contributed by atoms with van der Waals surface area (Å²) in [6.45, 7) is 1.02. The SMILES string of the molecule is CC(SC(=O)c1ccccc1)C(=O)N(CC1CCC(C(=O)O)CC1)C(=O)CNC(=O)CN. The largest absolute Gasteiger partial charge is 0.481 e. The van der Waals surface area contributed by atoms with Crippen LogP contribution in [0.2, 0.25) is 0 Å². The molecule has 0 bridgehead atoms. The second-order valence-corrected chi connectivity index (χ2v) is 9.11. The Bertz CT molecular complexity index is 839. The number of nitrogens with zero attached hydrogens (tertiary/aromatic N) is 1. The lowest BCUT2D eigenvalue weighted by atomic mass is 9.82. The highest BCUT2D eigenvalue weighted by Gasteiger charge is 2.33. The molecule has 1 aromatic rings. The molecule has 1 unspecified atom stereocenters. The van der Waals surface area contributed by atoms with Crippen molar-refractivity contribution >= 4 is 40.6 Å². The average Bonchev–Trinajstić information content (AvgIpc) is 2.80. The molecular weight excluding hydrogens is 434 g/mol. The number of benzene rings is 1. The quantitative estimate of drug-likeness (QED) is 0.496. The summed E-state index contributed by atoms with van der Waals surface area (Å²) >= 11 is 0.834. The van der Waals surface area contributed by atoms with Crippen molar-refractivity contribution < 1.29 is 29.1 Å². The van der Waals surface area contributed by atoms with Crippen molar-refractivity contribution in [2.75, 3.05) is 19.6 Å². The first kappa shape index (κ1) is 25.5. The molecule has 0 aliphatic heterocycles. The number of hydrogen-bond donors (Lipinski definition) is 3. The number of carboxylic acids is 1. The lowest BCUT2D eigenvalue weighted by Gasteiger charge is -2.31. The van der Waals surface area contributed by atoms with Gasteiger partial charge in [-0.25, -0.2) is 0 Å². The first-order valence-electron chi connectivity index (χ1n) is 10.5. The monoisotopic (exact) mass is 463 g/mol. The Morgan fingerprint density at radius 3 is 2.31 bits per heavy atom. The second-order valence-electron chi connectivity index (χ2n) is 7.79. The van der Waals surface area contributed by atoms with Crippen molar-refractivity contribution in [2.45, 2.75) is 37.9 Å². The topological polar surface area (TPSA) is 147 Å². The van der Waals surface area contributed by atoms with Crippen LogP contribution in [0, 0.1) is 11.8 Å². The average molecular weight is 464 g/mol. The highest BCUT2D eigenvalue weighted by atomic mass is 32.2. The molecule has 1 fully saturated rings. The van der Waals surface area contributed by atoms with E-state index >= 15 is 0 Å². The van der Waals surface area contributed by atoms with E-state index in [4.69, 9.17) is 5.73 Å². The number of nitrogens with one attached hydrogen (secondary N) is 1. The molecule has 4 N–H and O–H groups in total. The van der Waals surface area contributed by atoms with Gasteiger partial charge in [-0.15, -0.1) is 0 Å². The first-order chi connectivity index (χ1) is 15.2. The summed E-state index contributed by atoms with van der Waals surface area (Å²) in [6.07, 6.45) is 2.12. The van der Waals surface area contributed by atoms with Crippen LogP contribution in [0.1, 0.15) is 43.0 Å². The van der Waals surface area contributed by atoms with Crippen molar-refractivity contribution in [3.8, 4) is 0 Å². The number of rotatable bonds is 9. The van der Waals surface area contributed by atoms with Gasteiger partial charge in [-0.1, -0.05) is 42.1 Å². The van der Waals surface area contributed by atoms with E-state index in [1.807, 2.05) is 0 Å². The number of imide groups is 1. The molecule has 174 valence electrons. The van der Waals surface area contributed by atoms with Gasteiger partial charge in [0.2, 0.25) is 22.8 Å². The minimum atomic E-state index is -0.832.